The fraction of sp³-hybridized carbons (Fsp3) is 0.235. The van der Waals surface area contributed by atoms with Crippen LogP contribution in [0.3, 0.4) is 0 Å². The number of ether oxygens (including phenoxy) is 3. The molecular formula is C17H14Cl2O4. The van der Waals surface area contributed by atoms with Gasteiger partial charge in [0.2, 0.25) is 0 Å². The second kappa shape index (κ2) is 7.11. The van der Waals surface area contributed by atoms with Gasteiger partial charge in [0, 0.05) is 0 Å². The third-order valence-electron chi connectivity index (χ3n) is 3.34. The van der Waals surface area contributed by atoms with E-state index in [0.29, 0.717) is 34.8 Å². The molecule has 0 spiro atoms. The highest BCUT2D eigenvalue weighted by atomic mass is 35.5. The summed E-state index contributed by atoms with van der Waals surface area (Å²) in [5, 5.41) is 0.907. The Morgan fingerprint density at radius 3 is 2.48 bits per heavy atom. The normalized spacial score (nSPS) is 12.8. The van der Waals surface area contributed by atoms with E-state index in [1.165, 1.54) is 0 Å². The van der Waals surface area contributed by atoms with E-state index in [1.54, 1.807) is 30.3 Å². The Balaban J connectivity index is 1.57. The van der Waals surface area contributed by atoms with Gasteiger partial charge in [0.05, 0.1) is 16.5 Å². The summed E-state index contributed by atoms with van der Waals surface area (Å²) in [7, 11) is 0. The molecule has 23 heavy (non-hydrogen) atoms. The molecule has 2 aromatic carbocycles. The van der Waals surface area contributed by atoms with Crippen LogP contribution >= 0.6 is 23.2 Å². The Morgan fingerprint density at radius 1 is 0.957 bits per heavy atom. The quantitative estimate of drug-likeness (QED) is 0.778. The highest BCUT2D eigenvalue weighted by Crippen LogP contribution is 2.31. The summed E-state index contributed by atoms with van der Waals surface area (Å²) in [6.07, 6.45) is 0.165. The molecule has 0 aromatic heterocycles. The first-order valence-electron chi connectivity index (χ1n) is 7.10. The molecule has 0 N–H and O–H groups in total. The van der Waals surface area contributed by atoms with Crippen LogP contribution in [0.5, 0.6) is 11.5 Å². The number of hydrogen-bond donors (Lipinski definition) is 0. The molecule has 0 unspecified atom stereocenters. The molecule has 0 bridgehead atoms. The largest absolute Gasteiger partial charge is 0.486 e. The van der Waals surface area contributed by atoms with Crippen LogP contribution in [0.2, 0.25) is 10.0 Å². The fourth-order valence-corrected chi connectivity index (χ4v) is 2.53. The number of carbonyl (C=O) groups is 1. The van der Waals surface area contributed by atoms with Gasteiger partial charge in [-0.25, -0.2) is 0 Å². The molecule has 0 saturated carbocycles. The summed E-state index contributed by atoms with van der Waals surface area (Å²) >= 11 is 11.8. The molecule has 4 nitrogen and oxygen atoms in total. The first-order chi connectivity index (χ1) is 11.1. The second-order valence-electron chi connectivity index (χ2n) is 5.06. The number of halogens is 2. The maximum atomic E-state index is 12.0. The Morgan fingerprint density at radius 2 is 1.70 bits per heavy atom. The lowest BCUT2D eigenvalue weighted by atomic mass is 10.1. The van der Waals surface area contributed by atoms with Crippen molar-refractivity contribution in [3.05, 3.63) is 57.6 Å². The average Bonchev–Trinajstić information content (AvgIpc) is 2.56. The molecule has 1 aliphatic rings. The molecule has 1 aliphatic heterocycles. The molecule has 2 aromatic rings. The van der Waals surface area contributed by atoms with Crippen LogP contribution in [0, 0.1) is 0 Å². The van der Waals surface area contributed by atoms with E-state index in [9.17, 15) is 4.79 Å². The van der Waals surface area contributed by atoms with Crippen LogP contribution in [-0.2, 0) is 22.6 Å². The lowest BCUT2D eigenvalue weighted by molar-refractivity contribution is -0.144. The van der Waals surface area contributed by atoms with Crippen molar-refractivity contribution in [1.29, 1.82) is 0 Å². The standard InChI is InChI=1S/C17H14Cl2O4/c18-13-3-1-12(7-14(13)19)10-23-17(20)9-11-2-4-15-16(8-11)22-6-5-21-15/h1-4,7-8H,5-6,9-10H2. The van der Waals surface area contributed by atoms with Crippen LogP contribution in [0.1, 0.15) is 11.1 Å². The zero-order chi connectivity index (χ0) is 16.2. The Kier molecular flexibility index (Phi) is 4.94. The van der Waals surface area contributed by atoms with Gasteiger partial charge in [-0.15, -0.1) is 0 Å². The summed E-state index contributed by atoms with van der Waals surface area (Å²) in [5.41, 5.74) is 1.60. The van der Waals surface area contributed by atoms with E-state index < -0.39 is 0 Å². The highest BCUT2D eigenvalue weighted by molar-refractivity contribution is 6.42. The molecule has 0 atom stereocenters. The lowest BCUT2D eigenvalue weighted by Crippen LogP contribution is -2.15. The third-order valence-corrected chi connectivity index (χ3v) is 4.08. The van der Waals surface area contributed by atoms with Gasteiger partial charge in [-0.1, -0.05) is 35.3 Å². The molecule has 1 heterocycles. The molecule has 6 heteroatoms. The highest BCUT2D eigenvalue weighted by Gasteiger charge is 2.13. The second-order valence-corrected chi connectivity index (χ2v) is 5.88. The van der Waals surface area contributed by atoms with Gasteiger partial charge in [0.25, 0.3) is 0 Å². The molecular weight excluding hydrogens is 339 g/mol. The predicted octanol–water partition coefficient (Wildman–Crippen LogP) is 4.05. The molecule has 0 amide bonds. The number of carbonyl (C=O) groups excluding carboxylic acids is 1. The Bertz CT molecular complexity index is 731. The van der Waals surface area contributed by atoms with Crippen molar-refractivity contribution in [2.75, 3.05) is 13.2 Å². The third kappa shape index (κ3) is 4.09. The zero-order valence-electron chi connectivity index (χ0n) is 12.2. The summed E-state index contributed by atoms with van der Waals surface area (Å²) < 4.78 is 16.2. The molecule has 0 aliphatic carbocycles. The van der Waals surface area contributed by atoms with E-state index in [4.69, 9.17) is 37.4 Å². The average molecular weight is 353 g/mol. The number of benzene rings is 2. The van der Waals surface area contributed by atoms with Crippen molar-refractivity contribution >= 4 is 29.2 Å². The minimum Gasteiger partial charge on any atom is -0.486 e. The van der Waals surface area contributed by atoms with Crippen LogP contribution in [0.25, 0.3) is 0 Å². The van der Waals surface area contributed by atoms with Crippen LogP contribution in [0.4, 0.5) is 0 Å². The minimum absolute atomic E-state index is 0.153. The van der Waals surface area contributed by atoms with Crippen LogP contribution in [-0.4, -0.2) is 19.2 Å². The number of fused-ring (bicyclic) bond motifs is 1. The van der Waals surface area contributed by atoms with Crippen molar-refractivity contribution in [2.24, 2.45) is 0 Å². The predicted molar refractivity (Wildman–Crippen MR) is 87.4 cm³/mol. The van der Waals surface area contributed by atoms with Gasteiger partial charge in [-0.05, 0) is 35.4 Å². The van der Waals surface area contributed by atoms with E-state index in [2.05, 4.69) is 0 Å². The molecule has 0 saturated heterocycles. The fourth-order valence-electron chi connectivity index (χ4n) is 2.21. The molecule has 0 radical (unpaired) electrons. The van der Waals surface area contributed by atoms with Gasteiger partial charge >= 0.3 is 5.97 Å². The van der Waals surface area contributed by atoms with Gasteiger partial charge in [0.15, 0.2) is 11.5 Å². The Labute approximate surface area is 143 Å². The van der Waals surface area contributed by atoms with Crippen molar-refractivity contribution in [3.63, 3.8) is 0 Å². The topological polar surface area (TPSA) is 44.8 Å². The van der Waals surface area contributed by atoms with Crippen molar-refractivity contribution < 1.29 is 19.0 Å². The minimum atomic E-state index is -0.326. The number of esters is 1. The maximum absolute atomic E-state index is 12.0. The van der Waals surface area contributed by atoms with Crippen molar-refractivity contribution in [3.8, 4) is 11.5 Å². The van der Waals surface area contributed by atoms with Crippen molar-refractivity contribution in [2.45, 2.75) is 13.0 Å². The van der Waals surface area contributed by atoms with E-state index in [1.807, 2.05) is 6.07 Å². The maximum Gasteiger partial charge on any atom is 0.310 e. The van der Waals surface area contributed by atoms with E-state index in [-0.39, 0.29) is 19.0 Å². The van der Waals surface area contributed by atoms with E-state index >= 15 is 0 Å². The summed E-state index contributed by atoms with van der Waals surface area (Å²) in [6.45, 7) is 1.20. The van der Waals surface area contributed by atoms with Gasteiger partial charge < -0.3 is 14.2 Å². The van der Waals surface area contributed by atoms with Gasteiger partial charge in [-0.2, -0.15) is 0 Å². The number of rotatable bonds is 4. The zero-order valence-corrected chi connectivity index (χ0v) is 13.7. The van der Waals surface area contributed by atoms with Gasteiger partial charge in [-0.3, -0.25) is 4.79 Å². The molecule has 120 valence electrons. The lowest BCUT2D eigenvalue weighted by Gasteiger charge is -2.18. The SMILES string of the molecule is O=C(Cc1ccc2c(c1)OCCO2)OCc1ccc(Cl)c(Cl)c1. The van der Waals surface area contributed by atoms with E-state index in [0.717, 1.165) is 11.1 Å². The van der Waals surface area contributed by atoms with Crippen LogP contribution < -0.4 is 9.47 Å². The first-order valence-corrected chi connectivity index (χ1v) is 7.85. The van der Waals surface area contributed by atoms with Crippen molar-refractivity contribution in [1.82, 2.24) is 0 Å². The first kappa shape index (κ1) is 16.0. The van der Waals surface area contributed by atoms with Crippen LogP contribution in [0.15, 0.2) is 36.4 Å². The summed E-state index contributed by atoms with van der Waals surface area (Å²) in [5.74, 6) is 1.03. The summed E-state index contributed by atoms with van der Waals surface area (Å²) in [4.78, 5) is 12.0. The molecule has 3 rings (SSSR count). The number of hydrogen-bond acceptors (Lipinski definition) is 4. The Hall–Kier alpha value is -1.91. The smallest absolute Gasteiger partial charge is 0.310 e. The van der Waals surface area contributed by atoms with Gasteiger partial charge in [0.1, 0.15) is 19.8 Å². The monoisotopic (exact) mass is 352 g/mol. The summed E-state index contributed by atoms with van der Waals surface area (Å²) in [6, 6.07) is 10.6. The molecule has 0 fully saturated rings.